The zero-order valence-electron chi connectivity index (χ0n) is 8.92. The predicted octanol–water partition coefficient (Wildman–Crippen LogP) is 3.22. The molecule has 0 spiro atoms. The van der Waals surface area contributed by atoms with Crippen molar-refractivity contribution in [2.45, 2.75) is 33.6 Å². The van der Waals surface area contributed by atoms with Gasteiger partial charge in [-0.3, -0.25) is 0 Å². The Kier molecular flexibility index (Phi) is 2.13. The van der Waals surface area contributed by atoms with Gasteiger partial charge in [0.1, 0.15) is 0 Å². The Bertz CT molecular complexity index is 219. The lowest BCUT2D eigenvalue weighted by Crippen LogP contribution is -2.34. The predicted molar refractivity (Wildman–Crippen MR) is 54.3 cm³/mol. The summed E-state index contributed by atoms with van der Waals surface area (Å²) in [5, 5.41) is 0. The number of ether oxygens (including phenoxy) is 1. The van der Waals surface area contributed by atoms with Gasteiger partial charge in [-0.2, -0.15) is 0 Å². The van der Waals surface area contributed by atoms with Crippen LogP contribution in [0.3, 0.4) is 0 Å². The molecule has 2 bridgehead atoms. The quantitative estimate of drug-likeness (QED) is 0.602. The molecule has 13 heavy (non-hydrogen) atoms. The summed E-state index contributed by atoms with van der Waals surface area (Å²) in [6, 6.07) is 0. The monoisotopic (exact) mass is 180 g/mol. The Morgan fingerprint density at radius 3 is 2.85 bits per heavy atom. The van der Waals surface area contributed by atoms with E-state index in [4.69, 9.17) is 4.74 Å². The van der Waals surface area contributed by atoms with Gasteiger partial charge in [0.25, 0.3) is 0 Å². The first-order chi connectivity index (χ1) is 6.15. The number of allylic oxidation sites excluding steroid dienone is 1. The molecule has 1 heteroatoms. The Morgan fingerprint density at radius 1 is 1.38 bits per heavy atom. The Hall–Kier alpha value is -0.460. The summed E-state index contributed by atoms with van der Waals surface area (Å²) < 4.78 is 5.49. The Labute approximate surface area is 81.2 Å². The van der Waals surface area contributed by atoms with Crippen molar-refractivity contribution < 1.29 is 4.74 Å². The van der Waals surface area contributed by atoms with Gasteiger partial charge >= 0.3 is 0 Å². The van der Waals surface area contributed by atoms with Crippen LogP contribution in [0.5, 0.6) is 0 Å². The lowest BCUT2D eigenvalue weighted by atomic mass is 9.66. The molecule has 2 aliphatic rings. The largest absolute Gasteiger partial charge is 0.501 e. The lowest BCUT2D eigenvalue weighted by Gasteiger charge is -2.38. The van der Waals surface area contributed by atoms with Crippen LogP contribution in [0, 0.1) is 23.2 Å². The van der Waals surface area contributed by atoms with Gasteiger partial charge in [-0.15, -0.1) is 0 Å². The summed E-state index contributed by atoms with van der Waals surface area (Å²) in [6.45, 7) is 8.08. The lowest BCUT2D eigenvalue weighted by molar-refractivity contribution is 0.0723. The zero-order chi connectivity index (χ0) is 9.47. The molecule has 3 atom stereocenters. The van der Waals surface area contributed by atoms with Crippen LogP contribution in [0.4, 0.5) is 0 Å². The third-order valence-electron chi connectivity index (χ3n) is 4.45. The molecular weight excluding hydrogens is 160 g/mol. The van der Waals surface area contributed by atoms with Gasteiger partial charge in [0.2, 0.25) is 0 Å². The fraction of sp³-hybridized carbons (Fsp3) is 0.833. The van der Waals surface area contributed by atoms with E-state index in [0.29, 0.717) is 5.41 Å². The maximum Gasteiger partial charge on any atom is 0.0906 e. The highest BCUT2D eigenvalue weighted by molar-refractivity contribution is 5.06. The summed E-state index contributed by atoms with van der Waals surface area (Å²) in [4.78, 5) is 0. The third-order valence-corrected chi connectivity index (χ3v) is 4.45. The van der Waals surface area contributed by atoms with Crippen molar-refractivity contribution >= 4 is 0 Å². The van der Waals surface area contributed by atoms with Crippen molar-refractivity contribution in [3.8, 4) is 0 Å². The second-order valence-corrected chi connectivity index (χ2v) is 5.06. The van der Waals surface area contributed by atoms with Crippen molar-refractivity contribution in [1.29, 1.82) is 0 Å². The maximum atomic E-state index is 5.49. The maximum absolute atomic E-state index is 5.49. The van der Waals surface area contributed by atoms with Crippen LogP contribution >= 0.6 is 0 Å². The zero-order valence-corrected chi connectivity index (χ0v) is 8.92. The van der Waals surface area contributed by atoms with E-state index < -0.39 is 0 Å². The molecule has 1 heterocycles. The van der Waals surface area contributed by atoms with Crippen molar-refractivity contribution in [2.24, 2.45) is 23.2 Å². The van der Waals surface area contributed by atoms with E-state index in [-0.39, 0.29) is 0 Å². The highest BCUT2D eigenvalue weighted by Gasteiger charge is 2.48. The summed E-state index contributed by atoms with van der Waals surface area (Å²) in [6.07, 6.45) is 6.92. The van der Waals surface area contributed by atoms with Crippen molar-refractivity contribution in [3.05, 3.63) is 12.3 Å². The third kappa shape index (κ3) is 1.20. The van der Waals surface area contributed by atoms with E-state index in [9.17, 15) is 0 Å². The van der Waals surface area contributed by atoms with E-state index in [0.717, 1.165) is 24.4 Å². The summed E-state index contributed by atoms with van der Waals surface area (Å²) in [5.41, 5.74) is 0.479. The van der Waals surface area contributed by atoms with Gasteiger partial charge in [-0.1, -0.05) is 20.8 Å². The number of hydrogen-bond donors (Lipinski definition) is 0. The van der Waals surface area contributed by atoms with Crippen LogP contribution in [0.25, 0.3) is 0 Å². The van der Waals surface area contributed by atoms with E-state index in [1.165, 1.54) is 12.8 Å². The van der Waals surface area contributed by atoms with Crippen LogP contribution in [-0.2, 0) is 4.74 Å². The molecule has 0 N–H and O–H groups in total. The van der Waals surface area contributed by atoms with E-state index in [1.54, 1.807) is 0 Å². The van der Waals surface area contributed by atoms with Crippen LogP contribution in [0.15, 0.2) is 12.3 Å². The second-order valence-electron chi connectivity index (χ2n) is 5.06. The van der Waals surface area contributed by atoms with Crippen molar-refractivity contribution in [1.82, 2.24) is 0 Å². The molecule has 1 aliphatic heterocycles. The van der Waals surface area contributed by atoms with Gasteiger partial charge in [0, 0.05) is 0 Å². The molecule has 1 nitrogen and oxygen atoms in total. The first-order valence-corrected chi connectivity index (χ1v) is 5.44. The van der Waals surface area contributed by atoms with Crippen LogP contribution in [0.2, 0.25) is 0 Å². The second kappa shape index (κ2) is 3.04. The molecule has 0 aromatic carbocycles. The standard InChI is InChI=1S/C12H20O/c1-9(2)12(3)10-4-5-11(12)8-13-7-6-10/h6-7,9-11H,4-5,8H2,1-3H3. The molecule has 1 saturated carbocycles. The minimum Gasteiger partial charge on any atom is -0.501 e. The number of fused-ring (bicyclic) bond motifs is 2. The molecule has 1 aliphatic carbocycles. The smallest absolute Gasteiger partial charge is 0.0906 e. The normalized spacial score (nSPS) is 43.4. The highest BCUT2D eigenvalue weighted by atomic mass is 16.5. The number of rotatable bonds is 1. The molecule has 0 radical (unpaired) electrons. The Morgan fingerprint density at radius 2 is 2.15 bits per heavy atom. The van der Waals surface area contributed by atoms with Crippen molar-refractivity contribution in [2.75, 3.05) is 6.61 Å². The molecule has 0 saturated heterocycles. The first-order valence-electron chi connectivity index (χ1n) is 5.44. The molecule has 0 aromatic heterocycles. The SMILES string of the molecule is CC(C)C1(C)C2C=COCC1CC2. The Balaban J connectivity index is 2.31. The van der Waals surface area contributed by atoms with Crippen molar-refractivity contribution in [3.63, 3.8) is 0 Å². The fourth-order valence-electron chi connectivity index (χ4n) is 3.09. The summed E-state index contributed by atoms with van der Waals surface area (Å²) in [7, 11) is 0. The van der Waals surface area contributed by atoms with Crippen LogP contribution < -0.4 is 0 Å². The molecule has 0 amide bonds. The molecular formula is C12H20O. The molecule has 2 rings (SSSR count). The highest BCUT2D eigenvalue weighted by Crippen LogP contribution is 2.53. The van der Waals surface area contributed by atoms with Gasteiger partial charge < -0.3 is 4.74 Å². The molecule has 74 valence electrons. The number of hydrogen-bond acceptors (Lipinski definition) is 1. The minimum absolute atomic E-state index is 0.479. The van der Waals surface area contributed by atoms with E-state index >= 15 is 0 Å². The molecule has 3 unspecified atom stereocenters. The van der Waals surface area contributed by atoms with Gasteiger partial charge in [0.05, 0.1) is 12.9 Å². The molecule has 0 aromatic rings. The van der Waals surface area contributed by atoms with Gasteiger partial charge in [-0.05, 0) is 42.1 Å². The summed E-state index contributed by atoms with van der Waals surface area (Å²) >= 11 is 0. The van der Waals surface area contributed by atoms with Crippen LogP contribution in [-0.4, -0.2) is 6.61 Å². The minimum atomic E-state index is 0.479. The fourth-order valence-corrected chi connectivity index (χ4v) is 3.09. The average molecular weight is 180 g/mol. The van der Waals surface area contributed by atoms with Gasteiger partial charge in [-0.25, -0.2) is 0 Å². The van der Waals surface area contributed by atoms with Crippen LogP contribution in [0.1, 0.15) is 33.6 Å². The molecule has 1 fully saturated rings. The summed E-state index contributed by atoms with van der Waals surface area (Å²) in [5.74, 6) is 2.28. The van der Waals surface area contributed by atoms with E-state index in [1.807, 2.05) is 6.26 Å². The van der Waals surface area contributed by atoms with E-state index in [2.05, 4.69) is 26.8 Å². The average Bonchev–Trinajstić information content (AvgIpc) is 2.22. The topological polar surface area (TPSA) is 9.23 Å². The van der Waals surface area contributed by atoms with Gasteiger partial charge in [0.15, 0.2) is 0 Å². The first kappa shape index (κ1) is 9.11.